The van der Waals surface area contributed by atoms with Crippen molar-refractivity contribution in [1.82, 2.24) is 0 Å². The fraction of sp³-hybridized carbons (Fsp3) is 0.265. The van der Waals surface area contributed by atoms with E-state index in [4.69, 9.17) is 0 Å². The van der Waals surface area contributed by atoms with Crippen molar-refractivity contribution < 1.29 is 0 Å². The maximum absolute atomic E-state index is 2.70. The summed E-state index contributed by atoms with van der Waals surface area (Å²) in [6.45, 7) is 14.6. The van der Waals surface area contributed by atoms with Gasteiger partial charge in [-0.2, -0.15) is 0 Å². The lowest BCUT2D eigenvalue weighted by atomic mass is 9.61. The van der Waals surface area contributed by atoms with E-state index in [-0.39, 0.29) is 21.9 Å². The molecule has 0 aromatic heterocycles. The van der Waals surface area contributed by atoms with E-state index in [1.807, 2.05) is 0 Å². The van der Waals surface area contributed by atoms with Gasteiger partial charge in [0.15, 0.2) is 0 Å². The van der Waals surface area contributed by atoms with Crippen molar-refractivity contribution in [2.24, 2.45) is 0 Å². The fourth-order valence-corrected chi connectivity index (χ4v) is 14.4. The molecule has 0 radical (unpaired) electrons. The summed E-state index contributed by atoms with van der Waals surface area (Å²) in [7, 11) is 0. The van der Waals surface area contributed by atoms with Crippen LogP contribution in [-0.2, 0) is 10.8 Å². The van der Waals surface area contributed by atoms with Crippen LogP contribution in [0.4, 0.5) is 22.7 Å². The molecule has 0 N–H and O–H groups in total. The van der Waals surface area contributed by atoms with Gasteiger partial charge in [0.2, 0.25) is 0 Å². The van der Waals surface area contributed by atoms with E-state index in [2.05, 4.69) is 233 Å². The predicted octanol–water partition coefficient (Wildman–Crippen LogP) is 18.8. The molecule has 4 atom stereocenters. The lowest BCUT2D eigenvalue weighted by Crippen LogP contribution is -2.54. The van der Waals surface area contributed by atoms with Crippen LogP contribution < -0.4 is 9.80 Å². The number of hydrogen-bond acceptors (Lipinski definition) is 2. The Balaban J connectivity index is 0.999. The number of fused-ring (bicyclic) bond motifs is 8. The molecule has 0 saturated heterocycles. The van der Waals surface area contributed by atoms with Crippen LogP contribution in [0.25, 0.3) is 66.1 Å². The Morgan fingerprint density at radius 2 is 0.686 bits per heavy atom. The van der Waals surface area contributed by atoms with Crippen LogP contribution in [0.15, 0.2) is 182 Å². The van der Waals surface area contributed by atoms with Gasteiger partial charge < -0.3 is 9.80 Å². The molecule has 9 aromatic rings. The van der Waals surface area contributed by atoms with Gasteiger partial charge in [0.25, 0.3) is 0 Å². The summed E-state index contributed by atoms with van der Waals surface area (Å²) in [5.41, 5.74) is 21.2. The monoisotopic (exact) mass is 909 g/mol. The van der Waals surface area contributed by atoms with Gasteiger partial charge in [-0.1, -0.05) is 172 Å². The van der Waals surface area contributed by atoms with Crippen molar-refractivity contribution in [3.8, 4) is 44.5 Å². The van der Waals surface area contributed by atoms with E-state index in [9.17, 15) is 0 Å². The lowest BCUT2D eigenvalue weighted by molar-refractivity contribution is 0.195. The average Bonchev–Trinajstić information content (AvgIpc) is 3.73. The zero-order chi connectivity index (χ0) is 47.6. The highest BCUT2D eigenvalue weighted by Gasteiger charge is 2.59. The van der Waals surface area contributed by atoms with E-state index >= 15 is 0 Å². The molecule has 4 aliphatic rings. The van der Waals surface area contributed by atoms with Gasteiger partial charge in [-0.15, -0.1) is 0 Å². The molecule has 0 amide bonds. The minimum Gasteiger partial charge on any atom is -0.334 e. The zero-order valence-electron chi connectivity index (χ0n) is 41.9. The Labute approximate surface area is 415 Å². The third-order valence-corrected chi connectivity index (χ3v) is 18.7. The molecule has 2 aliphatic carbocycles. The molecule has 346 valence electrons. The molecule has 9 aromatic carbocycles. The van der Waals surface area contributed by atoms with Crippen molar-refractivity contribution in [1.29, 1.82) is 0 Å². The number of nitrogens with zero attached hydrogens (tertiary/aromatic N) is 2. The van der Waals surface area contributed by atoms with E-state index in [1.165, 1.54) is 162 Å². The highest BCUT2D eigenvalue weighted by atomic mass is 15.3. The number of anilines is 4. The largest absolute Gasteiger partial charge is 0.334 e. The van der Waals surface area contributed by atoms with Crippen LogP contribution in [0.2, 0.25) is 0 Å². The molecule has 2 aliphatic heterocycles. The second-order valence-corrected chi connectivity index (χ2v) is 22.4. The summed E-state index contributed by atoms with van der Waals surface area (Å²) >= 11 is 0. The highest BCUT2D eigenvalue weighted by Crippen LogP contribution is 2.63. The molecule has 2 heteroatoms. The molecule has 4 unspecified atom stereocenters. The third-order valence-electron chi connectivity index (χ3n) is 18.7. The van der Waals surface area contributed by atoms with Gasteiger partial charge in [0, 0.05) is 33.6 Å². The Morgan fingerprint density at radius 1 is 0.329 bits per heavy atom. The molecule has 2 fully saturated rings. The van der Waals surface area contributed by atoms with Crippen molar-refractivity contribution in [2.45, 2.75) is 115 Å². The zero-order valence-corrected chi connectivity index (χ0v) is 41.9. The second-order valence-electron chi connectivity index (χ2n) is 22.4. The van der Waals surface area contributed by atoms with Crippen molar-refractivity contribution in [3.63, 3.8) is 0 Å². The Hall–Kier alpha value is -6.90. The van der Waals surface area contributed by atoms with E-state index in [1.54, 1.807) is 0 Å². The Morgan fingerprint density at radius 3 is 1.09 bits per heavy atom. The van der Waals surface area contributed by atoms with Crippen LogP contribution in [0.1, 0.15) is 101 Å². The standard InChI is InChI=1S/C68H64N2/c1-45-21-29-53(30-22-45)69-61-35-27-51(43-59(61)65(3)37-13-15-39-67(65,69)5)49-25-33-55-57(41-49)63(47-17-9-7-10-18-47)56-34-26-50(42-58(56)64(55)48-19-11-8-12-20-48)52-28-36-62-60(44-52)66(4)38-14-16-40-68(66,6)70(62)54-31-23-46(2)24-32-54/h7-12,17-36,41-44H,13-16,37-40H2,1-6H3. The topological polar surface area (TPSA) is 6.48 Å². The van der Waals surface area contributed by atoms with E-state index < -0.39 is 0 Å². The van der Waals surface area contributed by atoms with Crippen LogP contribution in [0, 0.1) is 13.8 Å². The summed E-state index contributed by atoms with van der Waals surface area (Å²) < 4.78 is 0. The Bertz CT molecular complexity index is 3280. The summed E-state index contributed by atoms with van der Waals surface area (Å²) in [5.74, 6) is 0. The first kappa shape index (κ1) is 43.1. The molecule has 2 saturated carbocycles. The van der Waals surface area contributed by atoms with Gasteiger partial charge in [0.1, 0.15) is 0 Å². The van der Waals surface area contributed by atoms with Crippen molar-refractivity contribution in [2.75, 3.05) is 9.80 Å². The minimum absolute atomic E-state index is 0.00364. The smallest absolute Gasteiger partial charge is 0.0517 e. The first-order chi connectivity index (χ1) is 34.0. The average molecular weight is 909 g/mol. The van der Waals surface area contributed by atoms with Crippen molar-refractivity contribution >= 4 is 44.3 Å². The summed E-state index contributed by atoms with van der Waals surface area (Å²) in [6, 6.07) is 70.2. The van der Waals surface area contributed by atoms with Gasteiger partial charge in [-0.3, -0.25) is 0 Å². The summed E-state index contributed by atoms with van der Waals surface area (Å²) in [6.07, 6.45) is 9.83. The molecule has 0 spiro atoms. The van der Waals surface area contributed by atoms with Crippen LogP contribution in [0.5, 0.6) is 0 Å². The van der Waals surface area contributed by atoms with E-state index in [0.29, 0.717) is 0 Å². The Kier molecular flexibility index (Phi) is 9.74. The quantitative estimate of drug-likeness (QED) is 0.153. The molecule has 2 nitrogen and oxygen atoms in total. The molecular weight excluding hydrogens is 845 g/mol. The van der Waals surface area contributed by atoms with Crippen LogP contribution in [-0.4, -0.2) is 11.1 Å². The van der Waals surface area contributed by atoms with Gasteiger partial charge >= 0.3 is 0 Å². The predicted molar refractivity (Wildman–Crippen MR) is 298 cm³/mol. The molecule has 2 heterocycles. The fourth-order valence-electron chi connectivity index (χ4n) is 14.4. The van der Waals surface area contributed by atoms with E-state index in [0.717, 1.165) is 0 Å². The second kappa shape index (κ2) is 15.8. The molecule has 70 heavy (non-hydrogen) atoms. The SMILES string of the molecule is Cc1ccc(N2c3ccc(-c4ccc5c(-c6ccccc6)c6cc(-c7ccc8c(c7)C7(C)CCCCC7(C)N8c7ccc(C)cc7)ccc6c(-c6ccccc6)c5c4)cc3C3(C)CCCCC23C)cc1. The molecule has 13 rings (SSSR count). The van der Waals surface area contributed by atoms with Crippen LogP contribution >= 0.6 is 0 Å². The first-order valence-corrected chi connectivity index (χ1v) is 26.2. The van der Waals surface area contributed by atoms with Crippen LogP contribution in [0.3, 0.4) is 0 Å². The number of aryl methyl sites for hydroxylation is 2. The maximum atomic E-state index is 2.70. The summed E-state index contributed by atoms with van der Waals surface area (Å²) in [4.78, 5) is 5.39. The van der Waals surface area contributed by atoms with Gasteiger partial charge in [0.05, 0.1) is 11.1 Å². The first-order valence-electron chi connectivity index (χ1n) is 26.2. The lowest BCUT2D eigenvalue weighted by Gasteiger charge is -2.50. The maximum Gasteiger partial charge on any atom is 0.0517 e. The third kappa shape index (κ3) is 6.17. The highest BCUT2D eigenvalue weighted by molar-refractivity contribution is 6.22. The molecular formula is C68H64N2. The minimum atomic E-state index is 0.00364. The van der Waals surface area contributed by atoms with Gasteiger partial charge in [-0.25, -0.2) is 0 Å². The van der Waals surface area contributed by atoms with Crippen molar-refractivity contribution in [3.05, 3.63) is 204 Å². The number of benzene rings is 9. The molecule has 0 bridgehead atoms. The number of hydrogen-bond donors (Lipinski definition) is 0. The van der Waals surface area contributed by atoms with Gasteiger partial charge in [-0.05, 0) is 191 Å². The normalized spacial score (nSPS) is 23.6. The number of rotatable bonds is 6. The summed E-state index contributed by atoms with van der Waals surface area (Å²) in [5, 5.41) is 5.14.